The maximum Gasteiger partial charge on any atom is 0.292 e. The minimum absolute atomic E-state index is 0.0606. The van der Waals surface area contributed by atoms with Crippen LogP contribution in [0.2, 0.25) is 0 Å². The van der Waals surface area contributed by atoms with E-state index < -0.39 is 5.25 Å². The lowest BCUT2D eigenvalue weighted by molar-refractivity contribution is -0.129. The van der Waals surface area contributed by atoms with E-state index in [-0.39, 0.29) is 29.2 Å². The Morgan fingerprint density at radius 1 is 1.10 bits per heavy atom. The van der Waals surface area contributed by atoms with Crippen molar-refractivity contribution in [2.45, 2.75) is 26.0 Å². The lowest BCUT2D eigenvalue weighted by Crippen LogP contribution is -2.51. The minimum Gasteiger partial charge on any atom is -0.360 e. The largest absolute Gasteiger partial charge is 0.360 e. The summed E-state index contributed by atoms with van der Waals surface area (Å²) in [6, 6.07) is 3.23. The van der Waals surface area contributed by atoms with Crippen LogP contribution in [-0.4, -0.2) is 75.0 Å². The van der Waals surface area contributed by atoms with E-state index in [0.717, 1.165) is 0 Å². The number of aryl methyl sites for hydroxylation is 2. The molecule has 3 rings (SSSR count). The van der Waals surface area contributed by atoms with Gasteiger partial charge in [0.25, 0.3) is 5.91 Å². The Hall–Kier alpha value is -2.82. The number of thioether (sulfide) groups is 1. The highest BCUT2D eigenvalue weighted by molar-refractivity contribution is 8.01. The van der Waals surface area contributed by atoms with Crippen molar-refractivity contribution in [1.29, 1.82) is 0 Å². The molecule has 0 saturated carbocycles. The van der Waals surface area contributed by atoms with Crippen LogP contribution in [-0.2, 0) is 9.59 Å². The molecule has 0 aliphatic carbocycles. The van der Waals surface area contributed by atoms with Gasteiger partial charge in [0.2, 0.25) is 17.6 Å². The number of amides is 3. The van der Waals surface area contributed by atoms with Gasteiger partial charge in [0.15, 0.2) is 5.82 Å². The van der Waals surface area contributed by atoms with Crippen LogP contribution in [0, 0.1) is 13.8 Å². The van der Waals surface area contributed by atoms with Gasteiger partial charge in [-0.3, -0.25) is 14.4 Å². The summed E-state index contributed by atoms with van der Waals surface area (Å²) in [4.78, 5) is 40.3. The van der Waals surface area contributed by atoms with Gasteiger partial charge in [0, 0.05) is 38.3 Å². The number of rotatable bonds is 6. The third-order valence-electron chi connectivity index (χ3n) is 4.46. The highest BCUT2D eigenvalue weighted by atomic mass is 32.2. The van der Waals surface area contributed by atoms with Crippen LogP contribution in [0.25, 0.3) is 0 Å². The topological polar surface area (TPSA) is 122 Å². The van der Waals surface area contributed by atoms with Gasteiger partial charge in [-0.2, -0.15) is 0 Å². The van der Waals surface area contributed by atoms with Gasteiger partial charge in [-0.05, 0) is 20.8 Å². The SMILES string of the molecule is Cc1cc(C(=O)N2CCN(C(=O)CSC(C)C(=O)Nc3cc(C)on3)CC2)on1. The Labute approximate surface area is 171 Å². The molecular formula is C18H23N5O5S. The molecule has 0 aromatic carbocycles. The fourth-order valence-corrected chi connectivity index (χ4v) is 3.58. The van der Waals surface area contributed by atoms with Crippen LogP contribution in [0.3, 0.4) is 0 Å². The van der Waals surface area contributed by atoms with Crippen molar-refractivity contribution in [2.75, 3.05) is 37.2 Å². The molecule has 11 heteroatoms. The van der Waals surface area contributed by atoms with Crippen molar-refractivity contribution in [3.63, 3.8) is 0 Å². The van der Waals surface area contributed by atoms with Crippen molar-refractivity contribution in [1.82, 2.24) is 20.1 Å². The predicted octanol–water partition coefficient (Wildman–Crippen LogP) is 1.32. The zero-order chi connectivity index (χ0) is 21.0. The standard InChI is InChI=1S/C18H23N5O5S/c1-11-8-14(28-20-11)18(26)23-6-4-22(5-7-23)16(24)10-29-13(3)17(25)19-15-9-12(2)27-21-15/h8-9,13H,4-7,10H2,1-3H3,(H,19,21,25). The van der Waals surface area contributed by atoms with Gasteiger partial charge in [-0.15, -0.1) is 11.8 Å². The van der Waals surface area contributed by atoms with E-state index in [1.807, 2.05) is 0 Å². The molecule has 2 aromatic rings. The summed E-state index contributed by atoms with van der Waals surface area (Å²) in [6.07, 6.45) is 0. The quantitative estimate of drug-likeness (QED) is 0.741. The number of anilines is 1. The summed E-state index contributed by atoms with van der Waals surface area (Å²) in [5, 5.41) is 9.67. The number of piperazine rings is 1. The molecule has 0 bridgehead atoms. The first-order valence-electron chi connectivity index (χ1n) is 9.19. The zero-order valence-electron chi connectivity index (χ0n) is 16.5. The molecule has 1 saturated heterocycles. The molecule has 3 heterocycles. The van der Waals surface area contributed by atoms with Crippen molar-refractivity contribution in [3.8, 4) is 0 Å². The third-order valence-corrected chi connectivity index (χ3v) is 5.59. The minimum atomic E-state index is -0.423. The summed E-state index contributed by atoms with van der Waals surface area (Å²) in [7, 11) is 0. The van der Waals surface area contributed by atoms with Crippen molar-refractivity contribution < 1.29 is 23.4 Å². The van der Waals surface area contributed by atoms with E-state index in [1.165, 1.54) is 11.8 Å². The molecule has 1 aliphatic rings. The lowest BCUT2D eigenvalue weighted by Gasteiger charge is -2.34. The Morgan fingerprint density at radius 2 is 1.79 bits per heavy atom. The lowest BCUT2D eigenvalue weighted by atomic mass is 10.2. The van der Waals surface area contributed by atoms with Crippen LogP contribution in [0.15, 0.2) is 21.2 Å². The predicted molar refractivity (Wildman–Crippen MR) is 106 cm³/mol. The summed E-state index contributed by atoms with van der Waals surface area (Å²) in [6.45, 7) is 6.96. The number of carbonyl (C=O) groups excluding carboxylic acids is 3. The first-order valence-corrected chi connectivity index (χ1v) is 10.2. The monoisotopic (exact) mass is 421 g/mol. The normalized spacial score (nSPS) is 15.3. The number of carbonyl (C=O) groups is 3. The first kappa shape index (κ1) is 20.9. The second-order valence-electron chi connectivity index (χ2n) is 6.77. The van der Waals surface area contributed by atoms with E-state index >= 15 is 0 Å². The molecule has 1 N–H and O–H groups in total. The van der Waals surface area contributed by atoms with Gasteiger partial charge in [0.1, 0.15) is 5.76 Å². The van der Waals surface area contributed by atoms with E-state index in [0.29, 0.717) is 43.5 Å². The number of aromatic nitrogens is 2. The van der Waals surface area contributed by atoms with Gasteiger partial charge in [-0.25, -0.2) is 0 Å². The smallest absolute Gasteiger partial charge is 0.292 e. The molecule has 2 aromatic heterocycles. The molecule has 3 amide bonds. The van der Waals surface area contributed by atoms with E-state index in [9.17, 15) is 14.4 Å². The fraction of sp³-hybridized carbons (Fsp3) is 0.500. The highest BCUT2D eigenvalue weighted by Gasteiger charge is 2.27. The van der Waals surface area contributed by atoms with Crippen LogP contribution in [0.1, 0.15) is 28.9 Å². The molecule has 1 unspecified atom stereocenters. The number of nitrogens with zero attached hydrogens (tertiary/aromatic N) is 4. The average Bonchev–Trinajstić information content (AvgIpc) is 3.33. The van der Waals surface area contributed by atoms with Crippen molar-refractivity contribution in [3.05, 3.63) is 29.3 Å². The molecule has 0 spiro atoms. The van der Waals surface area contributed by atoms with Gasteiger partial charge >= 0.3 is 0 Å². The first-order chi connectivity index (χ1) is 13.8. The van der Waals surface area contributed by atoms with Gasteiger partial charge in [-0.1, -0.05) is 10.3 Å². The van der Waals surface area contributed by atoms with Gasteiger partial charge in [0.05, 0.1) is 16.7 Å². The summed E-state index contributed by atoms with van der Waals surface area (Å²) >= 11 is 1.25. The molecule has 1 aliphatic heterocycles. The second kappa shape index (κ2) is 9.12. The Balaban J connectivity index is 1.41. The van der Waals surface area contributed by atoms with Crippen molar-refractivity contribution >= 4 is 35.3 Å². The number of hydrogen-bond donors (Lipinski definition) is 1. The van der Waals surface area contributed by atoms with E-state index in [4.69, 9.17) is 9.05 Å². The molecule has 29 heavy (non-hydrogen) atoms. The van der Waals surface area contributed by atoms with Gasteiger partial charge < -0.3 is 24.2 Å². The molecule has 1 atom stereocenters. The maximum atomic E-state index is 12.5. The summed E-state index contributed by atoms with van der Waals surface area (Å²) in [5.41, 5.74) is 0.649. The molecule has 10 nitrogen and oxygen atoms in total. The fourth-order valence-electron chi connectivity index (χ4n) is 2.80. The summed E-state index contributed by atoms with van der Waals surface area (Å²) < 4.78 is 9.92. The Kier molecular flexibility index (Phi) is 6.57. The van der Waals surface area contributed by atoms with Crippen LogP contribution in [0.4, 0.5) is 5.82 Å². The summed E-state index contributed by atoms with van der Waals surface area (Å²) in [5.74, 6) is 0.825. The molecule has 156 valence electrons. The number of hydrogen-bond acceptors (Lipinski definition) is 8. The van der Waals surface area contributed by atoms with Crippen molar-refractivity contribution in [2.24, 2.45) is 0 Å². The van der Waals surface area contributed by atoms with Crippen LogP contribution < -0.4 is 5.32 Å². The maximum absolute atomic E-state index is 12.5. The van der Waals surface area contributed by atoms with E-state index in [2.05, 4.69) is 15.6 Å². The molecule has 0 radical (unpaired) electrons. The average molecular weight is 421 g/mol. The van der Waals surface area contributed by atoms with Crippen LogP contribution >= 0.6 is 11.8 Å². The third kappa shape index (κ3) is 5.37. The zero-order valence-corrected chi connectivity index (χ0v) is 17.3. The Morgan fingerprint density at radius 3 is 2.38 bits per heavy atom. The number of nitrogens with one attached hydrogen (secondary N) is 1. The van der Waals surface area contributed by atoms with Crippen LogP contribution in [0.5, 0.6) is 0 Å². The molecular weight excluding hydrogens is 398 g/mol. The highest BCUT2D eigenvalue weighted by Crippen LogP contribution is 2.16. The molecule has 1 fully saturated rings. The van der Waals surface area contributed by atoms with E-state index in [1.54, 1.807) is 42.7 Å². The second-order valence-corrected chi connectivity index (χ2v) is 8.10. The Bertz CT molecular complexity index is 887.